The number of nitrogens with one attached hydrogen (secondary N) is 1. The summed E-state index contributed by atoms with van der Waals surface area (Å²) < 4.78 is 6.93. The second kappa shape index (κ2) is 6.11. The first kappa shape index (κ1) is 15.3. The minimum Gasteiger partial charge on any atom is -0.361 e. The van der Waals surface area contributed by atoms with Crippen LogP contribution in [0.2, 0.25) is 0 Å². The second-order valence-corrected chi connectivity index (χ2v) is 5.62. The number of aryl methyl sites for hydroxylation is 2. The van der Waals surface area contributed by atoms with Crippen molar-refractivity contribution in [3.63, 3.8) is 0 Å². The Morgan fingerprint density at radius 3 is 2.62 bits per heavy atom. The van der Waals surface area contributed by atoms with Crippen molar-refractivity contribution < 1.29 is 9.32 Å². The summed E-state index contributed by atoms with van der Waals surface area (Å²) in [4.78, 5) is 12.1. The van der Waals surface area contributed by atoms with Crippen molar-refractivity contribution in [3.05, 3.63) is 35.0 Å². The van der Waals surface area contributed by atoms with E-state index in [1.165, 1.54) is 0 Å². The molecular formula is C15H22N4O2. The molecule has 2 aromatic heterocycles. The van der Waals surface area contributed by atoms with Crippen molar-refractivity contribution in [1.82, 2.24) is 20.3 Å². The van der Waals surface area contributed by atoms with Crippen molar-refractivity contribution in [1.29, 1.82) is 0 Å². The molecule has 2 heterocycles. The summed E-state index contributed by atoms with van der Waals surface area (Å²) in [6.07, 6.45) is 1.82. The molecule has 6 nitrogen and oxygen atoms in total. The molecule has 1 amide bonds. The molecule has 0 aliphatic rings. The SMILES string of the molecule is Cc1noc(C)c1C(C)CNC(=O)c1ccn(C(C)C)n1. The van der Waals surface area contributed by atoms with E-state index in [1.807, 2.05) is 40.8 Å². The van der Waals surface area contributed by atoms with Crippen LogP contribution in [0.5, 0.6) is 0 Å². The number of nitrogens with zero attached hydrogens (tertiary/aromatic N) is 3. The molecule has 0 aliphatic carbocycles. The van der Waals surface area contributed by atoms with Gasteiger partial charge < -0.3 is 9.84 Å². The van der Waals surface area contributed by atoms with E-state index in [9.17, 15) is 4.79 Å². The van der Waals surface area contributed by atoms with E-state index in [4.69, 9.17) is 4.52 Å². The standard InChI is InChI=1S/C15H22N4O2/c1-9(2)19-7-6-13(17-19)15(20)16-8-10(3)14-11(4)18-21-12(14)5/h6-7,9-10H,8H2,1-5H3,(H,16,20). The van der Waals surface area contributed by atoms with Crippen LogP contribution in [0.15, 0.2) is 16.8 Å². The van der Waals surface area contributed by atoms with Crippen LogP contribution < -0.4 is 5.32 Å². The van der Waals surface area contributed by atoms with Gasteiger partial charge in [0.05, 0.1) is 5.69 Å². The van der Waals surface area contributed by atoms with Gasteiger partial charge in [-0.2, -0.15) is 5.10 Å². The predicted molar refractivity (Wildman–Crippen MR) is 79.3 cm³/mol. The van der Waals surface area contributed by atoms with Gasteiger partial charge >= 0.3 is 0 Å². The molecule has 0 bridgehead atoms. The molecule has 21 heavy (non-hydrogen) atoms. The topological polar surface area (TPSA) is 73.0 Å². The van der Waals surface area contributed by atoms with Gasteiger partial charge in [0, 0.05) is 30.3 Å². The Morgan fingerprint density at radius 2 is 2.10 bits per heavy atom. The third-order valence-corrected chi connectivity index (χ3v) is 3.52. The van der Waals surface area contributed by atoms with Gasteiger partial charge in [0.1, 0.15) is 11.5 Å². The highest BCUT2D eigenvalue weighted by atomic mass is 16.5. The summed E-state index contributed by atoms with van der Waals surface area (Å²) in [7, 11) is 0. The smallest absolute Gasteiger partial charge is 0.271 e. The van der Waals surface area contributed by atoms with Crippen molar-refractivity contribution in [3.8, 4) is 0 Å². The number of carbonyl (C=O) groups is 1. The van der Waals surface area contributed by atoms with E-state index >= 15 is 0 Å². The highest BCUT2D eigenvalue weighted by Gasteiger charge is 2.18. The van der Waals surface area contributed by atoms with Crippen LogP contribution in [-0.2, 0) is 0 Å². The van der Waals surface area contributed by atoms with E-state index in [1.54, 1.807) is 10.7 Å². The van der Waals surface area contributed by atoms with Gasteiger partial charge in [-0.25, -0.2) is 0 Å². The molecule has 0 aliphatic heterocycles. The molecule has 6 heteroatoms. The van der Waals surface area contributed by atoms with E-state index in [-0.39, 0.29) is 17.9 Å². The van der Waals surface area contributed by atoms with E-state index < -0.39 is 0 Å². The number of carbonyl (C=O) groups excluding carboxylic acids is 1. The molecule has 0 aromatic carbocycles. The van der Waals surface area contributed by atoms with Crippen molar-refractivity contribution in [2.24, 2.45) is 0 Å². The maximum absolute atomic E-state index is 12.1. The van der Waals surface area contributed by atoms with Crippen LogP contribution >= 0.6 is 0 Å². The Morgan fingerprint density at radius 1 is 1.38 bits per heavy atom. The Bertz CT molecular complexity index is 608. The normalized spacial score (nSPS) is 12.7. The number of aromatic nitrogens is 3. The largest absolute Gasteiger partial charge is 0.361 e. The quantitative estimate of drug-likeness (QED) is 0.918. The zero-order chi connectivity index (χ0) is 15.6. The maximum atomic E-state index is 12.1. The molecular weight excluding hydrogens is 268 g/mol. The molecule has 1 N–H and O–H groups in total. The van der Waals surface area contributed by atoms with Crippen LogP contribution in [0.1, 0.15) is 60.2 Å². The molecule has 0 spiro atoms. The summed E-state index contributed by atoms with van der Waals surface area (Å²) in [5.41, 5.74) is 2.37. The minimum atomic E-state index is -0.159. The fourth-order valence-corrected chi connectivity index (χ4v) is 2.38. The minimum absolute atomic E-state index is 0.146. The van der Waals surface area contributed by atoms with Crippen LogP contribution in [0.25, 0.3) is 0 Å². The third-order valence-electron chi connectivity index (χ3n) is 3.52. The molecule has 114 valence electrons. The molecule has 0 radical (unpaired) electrons. The average Bonchev–Trinajstić information content (AvgIpc) is 3.03. The monoisotopic (exact) mass is 290 g/mol. The average molecular weight is 290 g/mol. The Kier molecular flexibility index (Phi) is 4.45. The predicted octanol–water partition coefficient (Wildman–Crippen LogP) is 2.60. The van der Waals surface area contributed by atoms with E-state index in [2.05, 4.69) is 15.6 Å². The number of amides is 1. The van der Waals surface area contributed by atoms with Gasteiger partial charge in [-0.15, -0.1) is 0 Å². The summed E-state index contributed by atoms with van der Waals surface area (Å²) in [5.74, 6) is 0.790. The van der Waals surface area contributed by atoms with Crippen LogP contribution in [0, 0.1) is 13.8 Å². The summed E-state index contributed by atoms with van der Waals surface area (Å²) in [6.45, 7) is 10.4. The summed E-state index contributed by atoms with van der Waals surface area (Å²) in [6, 6.07) is 1.98. The maximum Gasteiger partial charge on any atom is 0.271 e. The lowest BCUT2D eigenvalue weighted by Crippen LogP contribution is -2.28. The van der Waals surface area contributed by atoms with Crippen molar-refractivity contribution >= 4 is 5.91 Å². The number of hydrogen-bond acceptors (Lipinski definition) is 4. The first-order valence-corrected chi connectivity index (χ1v) is 7.16. The van der Waals surface area contributed by atoms with Crippen LogP contribution in [-0.4, -0.2) is 27.4 Å². The van der Waals surface area contributed by atoms with Crippen LogP contribution in [0.4, 0.5) is 0 Å². The lowest BCUT2D eigenvalue weighted by atomic mass is 9.99. The first-order chi connectivity index (χ1) is 9.90. The van der Waals surface area contributed by atoms with E-state index in [0.29, 0.717) is 12.2 Å². The molecule has 2 aromatic rings. The molecule has 0 fully saturated rings. The van der Waals surface area contributed by atoms with Gasteiger partial charge in [-0.05, 0) is 33.8 Å². The second-order valence-electron chi connectivity index (χ2n) is 5.62. The van der Waals surface area contributed by atoms with Crippen molar-refractivity contribution in [2.75, 3.05) is 6.54 Å². The van der Waals surface area contributed by atoms with Gasteiger partial charge in [-0.3, -0.25) is 9.48 Å². The lowest BCUT2D eigenvalue weighted by molar-refractivity contribution is 0.0945. The van der Waals surface area contributed by atoms with E-state index in [0.717, 1.165) is 17.0 Å². The molecule has 2 rings (SSSR count). The molecule has 1 unspecified atom stereocenters. The Balaban J connectivity index is 1.97. The number of rotatable bonds is 5. The van der Waals surface area contributed by atoms with Gasteiger partial charge in [0.2, 0.25) is 0 Å². The summed E-state index contributed by atoms with van der Waals surface area (Å²) in [5, 5.41) is 11.1. The third kappa shape index (κ3) is 3.32. The Hall–Kier alpha value is -2.11. The molecule has 0 saturated heterocycles. The molecule has 1 atom stereocenters. The Labute approximate surface area is 124 Å². The lowest BCUT2D eigenvalue weighted by Gasteiger charge is -2.12. The highest BCUT2D eigenvalue weighted by molar-refractivity contribution is 5.92. The van der Waals surface area contributed by atoms with Gasteiger partial charge in [-0.1, -0.05) is 12.1 Å². The molecule has 0 saturated carbocycles. The van der Waals surface area contributed by atoms with Gasteiger partial charge in [0.15, 0.2) is 0 Å². The van der Waals surface area contributed by atoms with Gasteiger partial charge in [0.25, 0.3) is 5.91 Å². The zero-order valence-corrected chi connectivity index (χ0v) is 13.2. The highest BCUT2D eigenvalue weighted by Crippen LogP contribution is 2.22. The fraction of sp³-hybridized carbons (Fsp3) is 0.533. The zero-order valence-electron chi connectivity index (χ0n) is 13.2. The van der Waals surface area contributed by atoms with Crippen molar-refractivity contribution in [2.45, 2.75) is 46.6 Å². The fourth-order valence-electron chi connectivity index (χ4n) is 2.38. The first-order valence-electron chi connectivity index (χ1n) is 7.16. The number of hydrogen-bond donors (Lipinski definition) is 1. The van der Waals surface area contributed by atoms with Crippen LogP contribution in [0.3, 0.4) is 0 Å². The summed E-state index contributed by atoms with van der Waals surface area (Å²) >= 11 is 0.